The van der Waals surface area contributed by atoms with Crippen molar-refractivity contribution in [3.63, 3.8) is 0 Å². The van der Waals surface area contributed by atoms with Crippen molar-refractivity contribution in [2.45, 2.75) is 64.0 Å². The van der Waals surface area contributed by atoms with Crippen LogP contribution in [-0.2, 0) is 6.54 Å². The van der Waals surface area contributed by atoms with Crippen molar-refractivity contribution in [2.24, 2.45) is 16.6 Å². The molecule has 0 saturated heterocycles. The van der Waals surface area contributed by atoms with E-state index >= 15 is 0 Å². The van der Waals surface area contributed by atoms with Gasteiger partial charge in [-0.05, 0) is 43.2 Å². The van der Waals surface area contributed by atoms with Crippen LogP contribution < -0.4 is 15.8 Å². The van der Waals surface area contributed by atoms with Crippen molar-refractivity contribution in [3.8, 4) is 5.88 Å². The highest BCUT2D eigenvalue weighted by Gasteiger charge is 2.22. The number of aromatic nitrogens is 1. The number of aliphatic imine (C=N–C) groups is 1. The van der Waals surface area contributed by atoms with Gasteiger partial charge in [-0.2, -0.15) is 0 Å². The molecule has 5 nitrogen and oxygen atoms in total. The molecule has 2 aliphatic rings. The quantitative estimate of drug-likeness (QED) is 0.481. The molecule has 1 aromatic rings. The van der Waals surface area contributed by atoms with E-state index in [1.165, 1.54) is 51.4 Å². The molecular formula is C18H28N4O. The van der Waals surface area contributed by atoms with E-state index in [-0.39, 0.29) is 0 Å². The van der Waals surface area contributed by atoms with Crippen LogP contribution in [0.5, 0.6) is 5.88 Å². The summed E-state index contributed by atoms with van der Waals surface area (Å²) in [5, 5.41) is 3.37. The summed E-state index contributed by atoms with van der Waals surface area (Å²) in [6.45, 7) is 1.35. The molecule has 5 heteroatoms. The van der Waals surface area contributed by atoms with Crippen molar-refractivity contribution in [1.82, 2.24) is 10.3 Å². The molecular weight excluding hydrogens is 288 g/mol. The minimum absolute atomic E-state index is 0.483. The minimum Gasteiger partial charge on any atom is -0.477 e. The normalized spacial score (nSPS) is 20.1. The largest absolute Gasteiger partial charge is 0.477 e. The van der Waals surface area contributed by atoms with Crippen LogP contribution in [0.1, 0.15) is 56.9 Å². The maximum Gasteiger partial charge on any atom is 0.213 e. The van der Waals surface area contributed by atoms with Crippen LogP contribution in [0.2, 0.25) is 0 Å². The monoisotopic (exact) mass is 316 g/mol. The Bertz CT molecular complexity index is 520. The molecule has 0 spiro atoms. The summed E-state index contributed by atoms with van der Waals surface area (Å²) < 4.78 is 5.71. The van der Waals surface area contributed by atoms with Crippen LogP contribution in [0.3, 0.4) is 0 Å². The number of hydrogen-bond acceptors (Lipinski definition) is 3. The predicted octanol–water partition coefficient (Wildman–Crippen LogP) is 3.00. The van der Waals surface area contributed by atoms with Crippen molar-refractivity contribution < 1.29 is 4.74 Å². The van der Waals surface area contributed by atoms with Gasteiger partial charge in [0.05, 0.1) is 13.2 Å². The summed E-state index contributed by atoms with van der Waals surface area (Å²) in [6.07, 6.45) is 12.0. The summed E-state index contributed by atoms with van der Waals surface area (Å²) in [4.78, 5) is 8.72. The smallest absolute Gasteiger partial charge is 0.213 e. The second kappa shape index (κ2) is 8.18. The first kappa shape index (κ1) is 16.1. The van der Waals surface area contributed by atoms with Crippen LogP contribution >= 0.6 is 0 Å². The molecule has 0 amide bonds. The van der Waals surface area contributed by atoms with Crippen molar-refractivity contribution in [1.29, 1.82) is 0 Å². The van der Waals surface area contributed by atoms with E-state index in [4.69, 9.17) is 10.5 Å². The Hall–Kier alpha value is -1.78. The second-order valence-electron chi connectivity index (χ2n) is 6.79. The Labute approximate surface area is 138 Å². The standard InChI is InChI=1S/C18H28N4O/c19-18(22-16-5-3-1-2-4-6-16)21-12-15-9-10-20-17(11-15)23-13-14-7-8-14/h9-11,14,16H,1-8,12-13H2,(H3,19,21,22). The minimum atomic E-state index is 0.483. The van der Waals surface area contributed by atoms with Gasteiger partial charge in [0.1, 0.15) is 0 Å². The summed E-state index contributed by atoms with van der Waals surface area (Å²) in [6, 6.07) is 4.41. The highest BCUT2D eigenvalue weighted by atomic mass is 16.5. The molecule has 0 bridgehead atoms. The Morgan fingerprint density at radius 2 is 2.00 bits per heavy atom. The van der Waals surface area contributed by atoms with Crippen molar-refractivity contribution >= 4 is 5.96 Å². The van der Waals surface area contributed by atoms with Gasteiger partial charge in [0.15, 0.2) is 5.96 Å². The molecule has 1 heterocycles. The summed E-state index contributed by atoms with van der Waals surface area (Å²) in [5.74, 6) is 1.98. The molecule has 23 heavy (non-hydrogen) atoms. The van der Waals surface area contributed by atoms with Crippen LogP contribution in [0, 0.1) is 5.92 Å². The number of nitrogens with two attached hydrogens (primary N) is 1. The maximum absolute atomic E-state index is 6.04. The molecule has 0 aromatic carbocycles. The van der Waals surface area contributed by atoms with E-state index in [9.17, 15) is 0 Å². The van der Waals surface area contributed by atoms with Gasteiger partial charge in [-0.15, -0.1) is 0 Å². The lowest BCUT2D eigenvalue weighted by molar-refractivity contribution is 0.288. The van der Waals surface area contributed by atoms with E-state index in [0.29, 0.717) is 24.4 Å². The first-order chi connectivity index (χ1) is 11.3. The number of hydrogen-bond donors (Lipinski definition) is 2. The van der Waals surface area contributed by atoms with Gasteiger partial charge in [-0.25, -0.2) is 9.98 Å². The van der Waals surface area contributed by atoms with Gasteiger partial charge in [0.25, 0.3) is 0 Å². The molecule has 0 unspecified atom stereocenters. The third-order valence-corrected chi connectivity index (χ3v) is 4.60. The van der Waals surface area contributed by atoms with Crippen LogP contribution in [0.4, 0.5) is 0 Å². The van der Waals surface area contributed by atoms with Gasteiger partial charge in [-0.3, -0.25) is 0 Å². The number of ether oxygens (including phenoxy) is 1. The highest BCUT2D eigenvalue weighted by molar-refractivity contribution is 5.78. The van der Waals surface area contributed by atoms with E-state index < -0.39 is 0 Å². The fraction of sp³-hybridized carbons (Fsp3) is 0.667. The molecule has 2 saturated carbocycles. The Kier molecular flexibility index (Phi) is 5.72. The van der Waals surface area contributed by atoms with Crippen molar-refractivity contribution in [3.05, 3.63) is 23.9 Å². The molecule has 0 atom stereocenters. The predicted molar refractivity (Wildman–Crippen MR) is 92.4 cm³/mol. The molecule has 126 valence electrons. The Morgan fingerprint density at radius 3 is 2.74 bits per heavy atom. The lowest BCUT2D eigenvalue weighted by atomic mass is 10.1. The van der Waals surface area contributed by atoms with E-state index in [1.54, 1.807) is 6.20 Å². The zero-order chi connectivity index (χ0) is 15.9. The fourth-order valence-corrected chi connectivity index (χ4v) is 2.97. The summed E-state index contributed by atoms with van der Waals surface area (Å²) in [7, 11) is 0. The maximum atomic E-state index is 6.04. The molecule has 1 aromatic heterocycles. The Morgan fingerprint density at radius 1 is 1.22 bits per heavy atom. The summed E-state index contributed by atoms with van der Waals surface area (Å²) >= 11 is 0. The van der Waals surface area contributed by atoms with Crippen molar-refractivity contribution in [2.75, 3.05) is 6.61 Å². The zero-order valence-corrected chi connectivity index (χ0v) is 13.8. The van der Waals surface area contributed by atoms with Gasteiger partial charge >= 0.3 is 0 Å². The van der Waals surface area contributed by atoms with E-state index in [2.05, 4.69) is 15.3 Å². The third kappa shape index (κ3) is 5.73. The van der Waals surface area contributed by atoms with Gasteiger partial charge in [0, 0.05) is 18.3 Å². The topological polar surface area (TPSA) is 72.5 Å². The first-order valence-electron chi connectivity index (χ1n) is 8.94. The Balaban J connectivity index is 1.48. The van der Waals surface area contributed by atoms with Crippen LogP contribution in [0.25, 0.3) is 0 Å². The molecule has 2 aliphatic carbocycles. The van der Waals surface area contributed by atoms with Gasteiger partial charge in [-0.1, -0.05) is 25.7 Å². The number of guanidine groups is 1. The average Bonchev–Trinajstić information content (AvgIpc) is 3.39. The lowest BCUT2D eigenvalue weighted by Crippen LogP contribution is -2.39. The van der Waals surface area contributed by atoms with Gasteiger partial charge < -0.3 is 15.8 Å². The first-order valence-corrected chi connectivity index (χ1v) is 8.94. The van der Waals surface area contributed by atoms with Crippen LogP contribution in [-0.4, -0.2) is 23.6 Å². The van der Waals surface area contributed by atoms with E-state index in [1.807, 2.05) is 12.1 Å². The number of rotatable bonds is 6. The highest BCUT2D eigenvalue weighted by Crippen LogP contribution is 2.29. The number of nitrogens with zero attached hydrogens (tertiary/aromatic N) is 2. The number of pyridine rings is 1. The lowest BCUT2D eigenvalue weighted by Gasteiger charge is -2.16. The molecule has 0 aliphatic heterocycles. The van der Waals surface area contributed by atoms with Gasteiger partial charge in [0.2, 0.25) is 5.88 Å². The van der Waals surface area contributed by atoms with E-state index in [0.717, 1.165) is 18.1 Å². The molecule has 3 rings (SSSR count). The summed E-state index contributed by atoms with van der Waals surface area (Å²) in [5.41, 5.74) is 7.12. The molecule has 0 radical (unpaired) electrons. The number of nitrogens with one attached hydrogen (secondary N) is 1. The van der Waals surface area contributed by atoms with Crippen LogP contribution in [0.15, 0.2) is 23.3 Å². The SMILES string of the molecule is NC(=NCc1ccnc(OCC2CC2)c1)NC1CCCCCC1. The second-order valence-corrected chi connectivity index (χ2v) is 6.79. The average molecular weight is 316 g/mol. The molecule has 3 N–H and O–H groups in total. The zero-order valence-electron chi connectivity index (χ0n) is 13.8. The fourth-order valence-electron chi connectivity index (χ4n) is 2.97. The third-order valence-electron chi connectivity index (χ3n) is 4.60. The molecule has 2 fully saturated rings.